The van der Waals surface area contributed by atoms with Crippen molar-refractivity contribution in [1.82, 2.24) is 0 Å². The first kappa shape index (κ1) is 15.6. The molecule has 2 rings (SSSR count). The van der Waals surface area contributed by atoms with Gasteiger partial charge in [-0.25, -0.2) is 0 Å². The lowest BCUT2D eigenvalue weighted by atomic mass is 10.1. The molecule has 0 radical (unpaired) electrons. The fourth-order valence-corrected chi connectivity index (χ4v) is 2.42. The van der Waals surface area contributed by atoms with Gasteiger partial charge in [-0.3, -0.25) is 4.79 Å². The van der Waals surface area contributed by atoms with Crippen LogP contribution in [0.3, 0.4) is 0 Å². The number of hydrogen-bond acceptors (Lipinski definition) is 1. The van der Waals surface area contributed by atoms with Crippen molar-refractivity contribution < 1.29 is 4.79 Å². The Balaban J connectivity index is 2.26. The highest BCUT2D eigenvalue weighted by Gasteiger charge is 2.17. The van der Waals surface area contributed by atoms with Gasteiger partial charge in [0.1, 0.15) is 0 Å². The summed E-state index contributed by atoms with van der Waals surface area (Å²) in [5, 5.41) is 0.692. The van der Waals surface area contributed by atoms with Gasteiger partial charge >= 0.3 is 0 Å². The van der Waals surface area contributed by atoms with Crippen LogP contribution in [0.4, 0.5) is 5.69 Å². The van der Waals surface area contributed by atoms with Gasteiger partial charge in [-0.05, 0) is 35.7 Å². The lowest BCUT2D eigenvalue weighted by Gasteiger charge is -2.24. The van der Waals surface area contributed by atoms with Crippen molar-refractivity contribution in [2.24, 2.45) is 5.92 Å². The zero-order valence-corrected chi connectivity index (χ0v) is 13.2. The molecule has 0 fully saturated rings. The maximum Gasteiger partial charge on any atom is 0.227 e. The molecular formula is C18H20ClNO. The number of nitrogens with zero attached hydrogens (tertiary/aromatic N) is 1. The van der Waals surface area contributed by atoms with Crippen molar-refractivity contribution in [3.8, 4) is 0 Å². The standard InChI is InChI=1S/C18H20ClNO/c1-14(2)11-18(21)20(17-9-4-3-5-10-17)13-15-7-6-8-16(19)12-15/h3-10,12,14H,11,13H2,1-2H3. The monoisotopic (exact) mass is 301 g/mol. The van der Waals surface area contributed by atoms with E-state index in [1.165, 1.54) is 0 Å². The minimum Gasteiger partial charge on any atom is -0.308 e. The Morgan fingerprint density at radius 2 is 1.81 bits per heavy atom. The molecule has 2 nitrogen and oxygen atoms in total. The van der Waals surface area contributed by atoms with E-state index in [1.54, 1.807) is 0 Å². The SMILES string of the molecule is CC(C)CC(=O)N(Cc1cccc(Cl)c1)c1ccccc1. The summed E-state index contributed by atoms with van der Waals surface area (Å²) in [6.07, 6.45) is 0.537. The normalized spacial score (nSPS) is 10.7. The van der Waals surface area contributed by atoms with Crippen LogP contribution in [-0.2, 0) is 11.3 Å². The van der Waals surface area contributed by atoms with Gasteiger partial charge in [-0.15, -0.1) is 0 Å². The van der Waals surface area contributed by atoms with Crippen molar-refractivity contribution in [1.29, 1.82) is 0 Å². The van der Waals surface area contributed by atoms with Gasteiger partial charge < -0.3 is 4.90 Å². The third kappa shape index (κ3) is 4.61. The van der Waals surface area contributed by atoms with E-state index < -0.39 is 0 Å². The number of para-hydroxylation sites is 1. The molecule has 21 heavy (non-hydrogen) atoms. The maximum atomic E-state index is 12.5. The van der Waals surface area contributed by atoms with E-state index >= 15 is 0 Å². The van der Waals surface area contributed by atoms with Crippen molar-refractivity contribution in [2.75, 3.05) is 4.90 Å². The summed E-state index contributed by atoms with van der Waals surface area (Å²) in [7, 11) is 0. The molecule has 2 aromatic carbocycles. The fraction of sp³-hybridized carbons (Fsp3) is 0.278. The van der Waals surface area contributed by atoms with E-state index in [9.17, 15) is 4.79 Å². The highest BCUT2D eigenvalue weighted by Crippen LogP contribution is 2.21. The van der Waals surface area contributed by atoms with Gasteiger partial charge in [0.15, 0.2) is 0 Å². The molecule has 0 unspecified atom stereocenters. The molecule has 0 saturated heterocycles. The summed E-state index contributed by atoms with van der Waals surface area (Å²) in [6, 6.07) is 17.4. The molecular weight excluding hydrogens is 282 g/mol. The Kier molecular flexibility index (Phi) is 5.40. The molecule has 3 heteroatoms. The number of benzene rings is 2. The van der Waals surface area contributed by atoms with Gasteiger partial charge in [0, 0.05) is 17.1 Å². The molecule has 0 bridgehead atoms. The van der Waals surface area contributed by atoms with E-state index in [0.29, 0.717) is 23.9 Å². The van der Waals surface area contributed by atoms with Crippen molar-refractivity contribution in [2.45, 2.75) is 26.8 Å². The van der Waals surface area contributed by atoms with Crippen LogP contribution < -0.4 is 4.90 Å². The van der Waals surface area contributed by atoms with Crippen LogP contribution in [0, 0.1) is 5.92 Å². The molecule has 0 N–H and O–H groups in total. The van der Waals surface area contributed by atoms with Crippen LogP contribution in [0.2, 0.25) is 5.02 Å². The van der Waals surface area contributed by atoms with E-state index in [0.717, 1.165) is 11.3 Å². The Morgan fingerprint density at radius 3 is 2.43 bits per heavy atom. The summed E-state index contributed by atoms with van der Waals surface area (Å²) in [5.74, 6) is 0.472. The van der Waals surface area contributed by atoms with E-state index in [4.69, 9.17) is 11.6 Å². The fourth-order valence-electron chi connectivity index (χ4n) is 2.21. The zero-order valence-electron chi connectivity index (χ0n) is 12.4. The average molecular weight is 302 g/mol. The molecule has 0 spiro atoms. The number of halogens is 1. The Bertz CT molecular complexity index is 595. The molecule has 0 aliphatic heterocycles. The second-order valence-electron chi connectivity index (χ2n) is 5.54. The van der Waals surface area contributed by atoms with Crippen LogP contribution >= 0.6 is 11.6 Å². The first-order valence-corrected chi connectivity index (χ1v) is 7.54. The van der Waals surface area contributed by atoms with Gasteiger partial charge in [0.25, 0.3) is 0 Å². The molecule has 2 aromatic rings. The molecule has 0 aliphatic carbocycles. The largest absolute Gasteiger partial charge is 0.308 e. The topological polar surface area (TPSA) is 20.3 Å². The smallest absolute Gasteiger partial charge is 0.227 e. The Morgan fingerprint density at radius 1 is 1.10 bits per heavy atom. The minimum atomic E-state index is 0.135. The van der Waals surface area contributed by atoms with Gasteiger partial charge in [0.2, 0.25) is 5.91 Å². The lowest BCUT2D eigenvalue weighted by Crippen LogP contribution is -2.31. The lowest BCUT2D eigenvalue weighted by molar-refractivity contribution is -0.119. The second kappa shape index (κ2) is 7.28. The van der Waals surface area contributed by atoms with Crippen LogP contribution in [0.15, 0.2) is 54.6 Å². The molecule has 0 saturated carbocycles. The van der Waals surface area contributed by atoms with Gasteiger partial charge in [-0.2, -0.15) is 0 Å². The number of hydrogen-bond donors (Lipinski definition) is 0. The number of carbonyl (C=O) groups is 1. The predicted molar refractivity (Wildman–Crippen MR) is 88.5 cm³/mol. The summed E-state index contributed by atoms with van der Waals surface area (Å²) in [4.78, 5) is 14.4. The molecule has 1 amide bonds. The van der Waals surface area contributed by atoms with Crippen molar-refractivity contribution >= 4 is 23.2 Å². The van der Waals surface area contributed by atoms with Crippen LogP contribution in [0.1, 0.15) is 25.8 Å². The van der Waals surface area contributed by atoms with Crippen LogP contribution in [-0.4, -0.2) is 5.91 Å². The number of carbonyl (C=O) groups excluding carboxylic acids is 1. The molecule has 110 valence electrons. The van der Waals surface area contributed by atoms with Crippen molar-refractivity contribution in [3.63, 3.8) is 0 Å². The molecule has 0 aliphatic rings. The summed E-state index contributed by atoms with van der Waals surface area (Å²) < 4.78 is 0. The molecule has 0 aromatic heterocycles. The van der Waals surface area contributed by atoms with Gasteiger partial charge in [0.05, 0.1) is 6.54 Å². The zero-order chi connectivity index (χ0) is 15.2. The highest BCUT2D eigenvalue weighted by molar-refractivity contribution is 6.30. The van der Waals surface area contributed by atoms with Gasteiger partial charge in [-0.1, -0.05) is 55.8 Å². The highest BCUT2D eigenvalue weighted by atomic mass is 35.5. The summed E-state index contributed by atoms with van der Waals surface area (Å²) in [6.45, 7) is 4.65. The number of rotatable bonds is 5. The second-order valence-corrected chi connectivity index (χ2v) is 5.98. The van der Waals surface area contributed by atoms with E-state index in [1.807, 2.05) is 59.5 Å². The summed E-state index contributed by atoms with van der Waals surface area (Å²) in [5.41, 5.74) is 1.95. The Labute approximate surface area is 131 Å². The van der Waals surface area contributed by atoms with Crippen LogP contribution in [0.25, 0.3) is 0 Å². The molecule has 0 heterocycles. The summed E-state index contributed by atoms with van der Waals surface area (Å²) >= 11 is 6.03. The van der Waals surface area contributed by atoms with E-state index in [2.05, 4.69) is 13.8 Å². The maximum absolute atomic E-state index is 12.5. The van der Waals surface area contributed by atoms with Crippen molar-refractivity contribution in [3.05, 3.63) is 65.2 Å². The third-order valence-corrected chi connectivity index (χ3v) is 3.42. The average Bonchev–Trinajstić information content (AvgIpc) is 2.45. The third-order valence-electron chi connectivity index (χ3n) is 3.18. The number of amides is 1. The predicted octanol–water partition coefficient (Wildman–Crippen LogP) is 4.92. The minimum absolute atomic E-state index is 0.135. The first-order valence-electron chi connectivity index (χ1n) is 7.16. The van der Waals surface area contributed by atoms with E-state index in [-0.39, 0.29) is 5.91 Å². The Hall–Kier alpha value is -1.80. The first-order chi connectivity index (χ1) is 10.1. The number of anilines is 1. The van der Waals surface area contributed by atoms with Crippen LogP contribution in [0.5, 0.6) is 0 Å². The molecule has 0 atom stereocenters. The quantitative estimate of drug-likeness (QED) is 0.767.